The average Bonchev–Trinajstić information content (AvgIpc) is 2.79. The highest BCUT2D eigenvalue weighted by atomic mass is 32.2. The Hall–Kier alpha value is -2.59. The van der Waals surface area contributed by atoms with Crippen molar-refractivity contribution in [1.82, 2.24) is 9.62 Å². The normalized spacial score (nSPS) is 16.9. The molecule has 180 valence electrons. The molecule has 1 unspecified atom stereocenters. The van der Waals surface area contributed by atoms with Gasteiger partial charge in [0.15, 0.2) is 0 Å². The van der Waals surface area contributed by atoms with E-state index in [9.17, 15) is 26.4 Å². The summed E-state index contributed by atoms with van der Waals surface area (Å²) in [4.78, 5) is 12.8. The number of rotatable bonds is 7. The van der Waals surface area contributed by atoms with Crippen molar-refractivity contribution in [3.05, 3.63) is 59.7 Å². The molecule has 0 bridgehead atoms. The monoisotopic (exact) mass is 484 g/mol. The lowest BCUT2D eigenvalue weighted by Gasteiger charge is -2.31. The van der Waals surface area contributed by atoms with E-state index in [-0.39, 0.29) is 23.9 Å². The summed E-state index contributed by atoms with van der Waals surface area (Å²) in [6.07, 6.45) is -3.80. The van der Waals surface area contributed by atoms with Gasteiger partial charge in [0.25, 0.3) is 0 Å². The van der Waals surface area contributed by atoms with Gasteiger partial charge in [-0.2, -0.15) is 17.5 Å². The van der Waals surface area contributed by atoms with Gasteiger partial charge in [0.1, 0.15) is 5.75 Å². The summed E-state index contributed by atoms with van der Waals surface area (Å²) in [5.74, 6) is -0.121. The van der Waals surface area contributed by atoms with Crippen molar-refractivity contribution >= 4 is 15.9 Å². The SMILES string of the molecule is CCOc1ccc(S(=O)(=O)N2CCC(C(=O)NC(C)c3cccc(C(F)(F)F)c3)CC2)cc1. The lowest BCUT2D eigenvalue weighted by Crippen LogP contribution is -2.43. The number of ether oxygens (including phenoxy) is 1. The topological polar surface area (TPSA) is 75.7 Å². The van der Waals surface area contributed by atoms with E-state index in [4.69, 9.17) is 4.74 Å². The number of sulfonamides is 1. The third kappa shape index (κ3) is 6.05. The number of halogens is 3. The lowest BCUT2D eigenvalue weighted by atomic mass is 9.96. The molecule has 1 amide bonds. The summed E-state index contributed by atoms with van der Waals surface area (Å²) in [6.45, 7) is 4.31. The summed E-state index contributed by atoms with van der Waals surface area (Å²) in [5.41, 5.74) is -0.414. The maximum atomic E-state index is 12.9. The van der Waals surface area contributed by atoms with E-state index in [1.54, 1.807) is 19.1 Å². The number of benzene rings is 2. The van der Waals surface area contributed by atoms with Crippen LogP contribution in [-0.2, 0) is 21.0 Å². The largest absolute Gasteiger partial charge is 0.494 e. The van der Waals surface area contributed by atoms with Crippen molar-refractivity contribution in [3.63, 3.8) is 0 Å². The Morgan fingerprint density at radius 1 is 1.15 bits per heavy atom. The first kappa shape index (κ1) is 25.0. The Bertz CT molecular complexity index is 1060. The minimum Gasteiger partial charge on any atom is -0.494 e. The van der Waals surface area contributed by atoms with Crippen molar-refractivity contribution < 1.29 is 31.1 Å². The van der Waals surface area contributed by atoms with E-state index < -0.39 is 33.7 Å². The van der Waals surface area contributed by atoms with Crippen molar-refractivity contribution in [2.45, 2.75) is 43.8 Å². The standard InChI is InChI=1S/C23H27F3N2O4S/c1-3-32-20-7-9-21(10-8-20)33(30,31)28-13-11-17(12-14-28)22(29)27-16(2)18-5-4-6-19(15-18)23(24,25)26/h4-10,15-17H,3,11-14H2,1-2H3,(H,27,29). The Morgan fingerprint density at radius 3 is 2.36 bits per heavy atom. The van der Waals surface area contributed by atoms with Crippen LogP contribution in [0.5, 0.6) is 5.75 Å². The molecule has 3 rings (SSSR count). The summed E-state index contributed by atoms with van der Waals surface area (Å²) in [7, 11) is -3.69. The molecular weight excluding hydrogens is 457 g/mol. The Kier molecular flexibility index (Phi) is 7.69. The molecule has 1 atom stereocenters. The maximum absolute atomic E-state index is 12.9. The van der Waals surface area contributed by atoms with Crippen molar-refractivity contribution in [2.75, 3.05) is 19.7 Å². The highest BCUT2D eigenvalue weighted by molar-refractivity contribution is 7.89. The third-order valence-electron chi connectivity index (χ3n) is 5.67. The van der Waals surface area contributed by atoms with Gasteiger partial charge in [0.05, 0.1) is 23.1 Å². The van der Waals surface area contributed by atoms with Gasteiger partial charge in [0, 0.05) is 19.0 Å². The second kappa shape index (κ2) is 10.1. The Labute approximate surface area is 191 Å². The highest BCUT2D eigenvalue weighted by Crippen LogP contribution is 2.31. The number of nitrogens with zero attached hydrogens (tertiary/aromatic N) is 1. The molecule has 33 heavy (non-hydrogen) atoms. The fourth-order valence-corrected chi connectivity index (χ4v) is 5.25. The van der Waals surface area contributed by atoms with Crippen LogP contribution in [0.25, 0.3) is 0 Å². The maximum Gasteiger partial charge on any atom is 0.416 e. The van der Waals surface area contributed by atoms with Crippen LogP contribution < -0.4 is 10.1 Å². The molecule has 1 heterocycles. The van der Waals surface area contributed by atoms with E-state index in [1.165, 1.54) is 28.6 Å². The molecule has 0 saturated carbocycles. The van der Waals surface area contributed by atoms with E-state index in [1.807, 2.05) is 6.92 Å². The molecule has 1 N–H and O–H groups in total. The molecule has 0 radical (unpaired) electrons. The Morgan fingerprint density at radius 2 is 1.79 bits per heavy atom. The van der Waals surface area contributed by atoms with Crippen LogP contribution in [0.15, 0.2) is 53.4 Å². The number of alkyl halides is 3. The fourth-order valence-electron chi connectivity index (χ4n) is 3.78. The second-order valence-electron chi connectivity index (χ2n) is 7.94. The van der Waals surface area contributed by atoms with E-state index in [0.717, 1.165) is 12.1 Å². The molecule has 1 fully saturated rings. The van der Waals surface area contributed by atoms with Crippen LogP contribution >= 0.6 is 0 Å². The van der Waals surface area contributed by atoms with Gasteiger partial charge in [-0.3, -0.25) is 4.79 Å². The minimum atomic E-state index is -4.46. The minimum absolute atomic E-state index is 0.159. The van der Waals surface area contributed by atoms with Crippen LogP contribution in [0.3, 0.4) is 0 Å². The quantitative estimate of drug-likeness (QED) is 0.633. The number of piperidine rings is 1. The third-order valence-corrected chi connectivity index (χ3v) is 7.58. The molecule has 0 aromatic heterocycles. The second-order valence-corrected chi connectivity index (χ2v) is 9.87. The number of nitrogens with one attached hydrogen (secondary N) is 1. The van der Waals surface area contributed by atoms with Crippen LogP contribution in [-0.4, -0.2) is 38.3 Å². The zero-order valence-corrected chi connectivity index (χ0v) is 19.2. The average molecular weight is 485 g/mol. The number of hydrogen-bond acceptors (Lipinski definition) is 4. The number of carbonyl (C=O) groups excluding carboxylic acids is 1. The molecule has 0 spiro atoms. The first-order chi connectivity index (χ1) is 15.5. The summed E-state index contributed by atoms with van der Waals surface area (Å²) >= 11 is 0. The summed E-state index contributed by atoms with van der Waals surface area (Å²) < 4.78 is 71.3. The first-order valence-electron chi connectivity index (χ1n) is 10.7. The lowest BCUT2D eigenvalue weighted by molar-refractivity contribution is -0.137. The van der Waals surface area contributed by atoms with Gasteiger partial charge in [-0.25, -0.2) is 8.42 Å². The Balaban J connectivity index is 1.58. The number of carbonyl (C=O) groups is 1. The van der Waals surface area contributed by atoms with Crippen LogP contribution in [0.1, 0.15) is 43.9 Å². The van der Waals surface area contributed by atoms with Crippen LogP contribution in [0.2, 0.25) is 0 Å². The molecule has 0 aliphatic carbocycles. The molecule has 2 aromatic carbocycles. The van der Waals surface area contributed by atoms with Crippen LogP contribution in [0.4, 0.5) is 13.2 Å². The van der Waals surface area contributed by atoms with Crippen LogP contribution in [0, 0.1) is 5.92 Å². The van der Waals surface area contributed by atoms with Crippen molar-refractivity contribution in [1.29, 1.82) is 0 Å². The van der Waals surface area contributed by atoms with E-state index in [2.05, 4.69) is 5.32 Å². The van der Waals surface area contributed by atoms with Gasteiger partial charge in [-0.1, -0.05) is 12.1 Å². The smallest absolute Gasteiger partial charge is 0.416 e. The fraction of sp³-hybridized carbons (Fsp3) is 0.435. The molecule has 2 aromatic rings. The molecule has 1 saturated heterocycles. The highest BCUT2D eigenvalue weighted by Gasteiger charge is 2.33. The molecule has 10 heteroatoms. The number of hydrogen-bond donors (Lipinski definition) is 1. The predicted octanol–water partition coefficient (Wildman–Crippen LogP) is 4.38. The molecular formula is C23H27F3N2O4S. The van der Waals surface area contributed by atoms with Gasteiger partial charge < -0.3 is 10.1 Å². The van der Waals surface area contributed by atoms with Crippen molar-refractivity contribution in [2.24, 2.45) is 5.92 Å². The molecule has 1 aliphatic heterocycles. The molecule has 1 aliphatic rings. The van der Waals surface area contributed by atoms with E-state index >= 15 is 0 Å². The van der Waals surface area contributed by atoms with Gasteiger partial charge in [-0.05, 0) is 68.7 Å². The zero-order chi connectivity index (χ0) is 24.2. The predicted molar refractivity (Wildman–Crippen MR) is 117 cm³/mol. The summed E-state index contributed by atoms with van der Waals surface area (Å²) in [6, 6.07) is 10.4. The van der Waals surface area contributed by atoms with Gasteiger partial charge in [-0.15, -0.1) is 0 Å². The van der Waals surface area contributed by atoms with E-state index in [0.29, 0.717) is 30.8 Å². The van der Waals surface area contributed by atoms with Crippen molar-refractivity contribution in [3.8, 4) is 5.75 Å². The summed E-state index contributed by atoms with van der Waals surface area (Å²) in [5, 5.41) is 2.76. The van der Waals surface area contributed by atoms with Gasteiger partial charge in [0.2, 0.25) is 15.9 Å². The first-order valence-corrected chi connectivity index (χ1v) is 12.2. The van der Waals surface area contributed by atoms with Gasteiger partial charge >= 0.3 is 6.18 Å². The molecule has 6 nitrogen and oxygen atoms in total. The number of amides is 1. The zero-order valence-electron chi connectivity index (χ0n) is 18.4.